The second-order valence-electron chi connectivity index (χ2n) is 5.41. The molecule has 1 aliphatic rings. The minimum Gasteiger partial charge on any atom is -0.398 e. The van der Waals surface area contributed by atoms with Crippen LogP contribution in [-0.2, 0) is 0 Å². The molecule has 1 aliphatic carbocycles. The number of anilines is 1. The first-order chi connectivity index (χ1) is 10.1. The van der Waals surface area contributed by atoms with E-state index in [-0.39, 0.29) is 0 Å². The van der Waals surface area contributed by atoms with Crippen molar-refractivity contribution in [2.45, 2.75) is 18.9 Å². The average molecular weight is 318 g/mol. The summed E-state index contributed by atoms with van der Waals surface area (Å²) < 4.78 is 2.29. The third-order valence-corrected chi connectivity index (χ3v) is 4.38. The van der Waals surface area contributed by atoms with Gasteiger partial charge in [0.1, 0.15) is 5.82 Å². The topological polar surface area (TPSA) is 43.8 Å². The van der Waals surface area contributed by atoms with Gasteiger partial charge in [-0.25, -0.2) is 4.98 Å². The van der Waals surface area contributed by atoms with E-state index < -0.39 is 0 Å². The molecular weight excluding hydrogens is 305 g/mol. The predicted molar refractivity (Wildman–Crippen MR) is 87.9 cm³/mol. The number of imidazole rings is 1. The number of fused-ring (bicyclic) bond motifs is 1. The summed E-state index contributed by atoms with van der Waals surface area (Å²) in [6.07, 6.45) is 2.37. The van der Waals surface area contributed by atoms with Gasteiger partial charge in [-0.1, -0.05) is 23.2 Å². The molecule has 0 saturated heterocycles. The number of halogens is 2. The Balaban J connectivity index is 1.98. The summed E-state index contributed by atoms with van der Waals surface area (Å²) in [7, 11) is 0. The summed E-state index contributed by atoms with van der Waals surface area (Å²) in [5, 5.41) is 1.25. The summed E-state index contributed by atoms with van der Waals surface area (Å²) in [5.74, 6) is 0.927. The van der Waals surface area contributed by atoms with Gasteiger partial charge in [-0.05, 0) is 49.2 Å². The van der Waals surface area contributed by atoms with Crippen LogP contribution in [0.4, 0.5) is 5.69 Å². The van der Waals surface area contributed by atoms with Gasteiger partial charge in [0.15, 0.2) is 0 Å². The molecule has 0 aliphatic heterocycles. The van der Waals surface area contributed by atoms with Crippen molar-refractivity contribution < 1.29 is 0 Å². The molecule has 2 N–H and O–H groups in total. The molecule has 0 amide bonds. The Bertz CT molecular complexity index is 850. The lowest BCUT2D eigenvalue weighted by Crippen LogP contribution is -1.97. The number of aromatic nitrogens is 2. The highest BCUT2D eigenvalue weighted by Crippen LogP contribution is 2.42. The Morgan fingerprint density at radius 3 is 2.62 bits per heavy atom. The van der Waals surface area contributed by atoms with Crippen molar-refractivity contribution >= 4 is 39.9 Å². The second kappa shape index (κ2) is 4.65. The van der Waals surface area contributed by atoms with Crippen LogP contribution in [0.2, 0.25) is 10.0 Å². The lowest BCUT2D eigenvalue weighted by Gasteiger charge is -2.08. The van der Waals surface area contributed by atoms with Gasteiger partial charge in [-0.2, -0.15) is 0 Å². The quantitative estimate of drug-likeness (QED) is 0.681. The summed E-state index contributed by atoms with van der Waals surface area (Å²) in [6, 6.07) is 12.0. The van der Waals surface area contributed by atoms with Crippen LogP contribution in [0.15, 0.2) is 36.4 Å². The number of rotatable bonds is 2. The van der Waals surface area contributed by atoms with Crippen molar-refractivity contribution in [3.63, 3.8) is 0 Å². The number of nitrogen functional groups attached to an aromatic ring is 1. The van der Waals surface area contributed by atoms with Crippen LogP contribution in [0, 0.1) is 0 Å². The van der Waals surface area contributed by atoms with E-state index in [0.29, 0.717) is 21.8 Å². The van der Waals surface area contributed by atoms with Gasteiger partial charge in [0.25, 0.3) is 0 Å². The fourth-order valence-electron chi connectivity index (χ4n) is 2.64. The third kappa shape index (κ3) is 2.17. The molecule has 1 aromatic heterocycles. The monoisotopic (exact) mass is 317 g/mol. The van der Waals surface area contributed by atoms with Crippen molar-refractivity contribution in [1.82, 2.24) is 9.55 Å². The fraction of sp³-hybridized carbons (Fsp3) is 0.188. The molecular formula is C16H13Cl2N3. The van der Waals surface area contributed by atoms with E-state index >= 15 is 0 Å². The number of nitrogens with two attached hydrogens (primary N) is 1. The predicted octanol–water partition coefficient (Wildman–Crippen LogP) is 4.93. The molecule has 106 valence electrons. The molecule has 4 rings (SSSR count). The number of benzene rings is 2. The van der Waals surface area contributed by atoms with Crippen LogP contribution >= 0.6 is 23.2 Å². The zero-order chi connectivity index (χ0) is 14.6. The maximum atomic E-state index is 6.15. The highest BCUT2D eigenvalue weighted by atomic mass is 35.5. The Hall–Kier alpha value is -1.71. The molecule has 0 atom stereocenters. The largest absolute Gasteiger partial charge is 0.398 e. The first-order valence-electron chi connectivity index (χ1n) is 6.86. The van der Waals surface area contributed by atoms with Gasteiger partial charge in [0.2, 0.25) is 0 Å². The molecule has 0 bridgehead atoms. The molecule has 3 aromatic rings. The summed E-state index contributed by atoms with van der Waals surface area (Å²) in [6.45, 7) is 0. The smallest absolute Gasteiger partial charge is 0.141 e. The van der Waals surface area contributed by atoms with Crippen molar-refractivity contribution in [2.75, 3.05) is 5.73 Å². The van der Waals surface area contributed by atoms with E-state index in [0.717, 1.165) is 22.4 Å². The number of nitrogens with zero attached hydrogens (tertiary/aromatic N) is 2. The van der Waals surface area contributed by atoms with E-state index in [4.69, 9.17) is 33.9 Å². The summed E-state index contributed by atoms with van der Waals surface area (Å²) in [5.41, 5.74) is 9.39. The Labute approximate surface area is 132 Å². The molecule has 21 heavy (non-hydrogen) atoms. The van der Waals surface area contributed by atoms with Crippen molar-refractivity contribution in [3.05, 3.63) is 46.4 Å². The Kier molecular flexibility index (Phi) is 2.88. The van der Waals surface area contributed by atoms with Crippen molar-refractivity contribution in [1.29, 1.82) is 0 Å². The average Bonchev–Trinajstić information content (AvgIpc) is 3.22. The van der Waals surface area contributed by atoms with Crippen LogP contribution in [0.1, 0.15) is 18.9 Å². The van der Waals surface area contributed by atoms with E-state index in [1.165, 1.54) is 12.8 Å². The molecule has 3 nitrogen and oxygen atoms in total. The Morgan fingerprint density at radius 2 is 1.90 bits per heavy atom. The van der Waals surface area contributed by atoms with Crippen molar-refractivity contribution in [2.24, 2.45) is 0 Å². The van der Waals surface area contributed by atoms with Crippen LogP contribution in [0.5, 0.6) is 0 Å². The Morgan fingerprint density at radius 1 is 1.10 bits per heavy atom. The van der Waals surface area contributed by atoms with Crippen LogP contribution in [0.3, 0.4) is 0 Å². The highest BCUT2D eigenvalue weighted by Gasteiger charge is 2.28. The zero-order valence-corrected chi connectivity index (χ0v) is 12.7. The van der Waals surface area contributed by atoms with Gasteiger partial charge in [0, 0.05) is 16.6 Å². The molecule has 2 aromatic carbocycles. The fourth-order valence-corrected chi connectivity index (χ4v) is 2.99. The molecule has 1 saturated carbocycles. The first-order valence-corrected chi connectivity index (χ1v) is 7.62. The molecule has 1 fully saturated rings. The van der Waals surface area contributed by atoms with Crippen LogP contribution in [-0.4, -0.2) is 9.55 Å². The van der Waals surface area contributed by atoms with Gasteiger partial charge in [-0.15, -0.1) is 0 Å². The molecule has 1 heterocycles. The molecule has 0 radical (unpaired) electrons. The second-order valence-corrected chi connectivity index (χ2v) is 6.25. The first kappa shape index (κ1) is 13.0. The van der Waals surface area contributed by atoms with Gasteiger partial charge >= 0.3 is 0 Å². The lowest BCUT2D eigenvalue weighted by atomic mass is 10.2. The zero-order valence-electron chi connectivity index (χ0n) is 11.2. The maximum absolute atomic E-state index is 6.15. The van der Waals surface area contributed by atoms with Crippen molar-refractivity contribution in [3.8, 4) is 11.4 Å². The maximum Gasteiger partial charge on any atom is 0.141 e. The van der Waals surface area contributed by atoms with Gasteiger partial charge in [-0.3, -0.25) is 0 Å². The minimum absolute atomic E-state index is 0.516. The minimum atomic E-state index is 0.516. The van der Waals surface area contributed by atoms with Crippen LogP contribution in [0.25, 0.3) is 22.4 Å². The van der Waals surface area contributed by atoms with E-state index in [2.05, 4.69) is 4.57 Å². The van der Waals surface area contributed by atoms with E-state index in [1.807, 2.05) is 36.4 Å². The normalized spacial score (nSPS) is 14.8. The number of hydrogen-bond acceptors (Lipinski definition) is 2. The summed E-state index contributed by atoms with van der Waals surface area (Å²) in [4.78, 5) is 4.75. The van der Waals surface area contributed by atoms with Gasteiger partial charge in [0.05, 0.1) is 21.7 Å². The summed E-state index contributed by atoms with van der Waals surface area (Å²) >= 11 is 12.2. The molecule has 0 unspecified atom stereocenters. The SMILES string of the molecule is Nc1ccc(-c2nc3cc(Cl)ccc3n2C2CC2)cc1Cl. The highest BCUT2D eigenvalue weighted by molar-refractivity contribution is 6.33. The standard InChI is InChI=1S/C16H13Cl2N3/c17-10-2-6-15-14(8-10)20-16(21(15)11-3-4-11)9-1-5-13(19)12(18)7-9/h1-2,5-8,11H,3-4,19H2. The molecule has 0 spiro atoms. The van der Waals surface area contributed by atoms with E-state index in [9.17, 15) is 0 Å². The third-order valence-electron chi connectivity index (χ3n) is 3.82. The van der Waals surface area contributed by atoms with E-state index in [1.54, 1.807) is 0 Å². The van der Waals surface area contributed by atoms with Gasteiger partial charge < -0.3 is 10.3 Å². The lowest BCUT2D eigenvalue weighted by molar-refractivity contribution is 0.775. The molecule has 5 heteroatoms. The van der Waals surface area contributed by atoms with Crippen LogP contribution < -0.4 is 5.73 Å². The number of hydrogen-bond donors (Lipinski definition) is 1.